The van der Waals surface area contributed by atoms with Crippen LogP contribution in [0.25, 0.3) is 0 Å². The third-order valence-corrected chi connectivity index (χ3v) is 3.82. The highest BCUT2D eigenvalue weighted by Gasteiger charge is 2.30. The Morgan fingerprint density at radius 3 is 2.88 bits per heavy atom. The second kappa shape index (κ2) is 4.52. The third kappa shape index (κ3) is 1.97. The molecule has 3 heteroatoms. The standard InChI is InChI=1S/C13H18N2O/c1-5-14-6-2-11(1)12-3-7-15(9-12)13-4-8-16-10-13/h1-2,5-6,12-13H,3-4,7-10H2/t12-,13+/m0/s1. The van der Waals surface area contributed by atoms with E-state index >= 15 is 0 Å². The van der Waals surface area contributed by atoms with E-state index in [-0.39, 0.29) is 0 Å². The summed E-state index contributed by atoms with van der Waals surface area (Å²) in [6.07, 6.45) is 6.29. The summed E-state index contributed by atoms with van der Waals surface area (Å²) in [5, 5.41) is 0. The number of rotatable bonds is 2. The molecule has 2 aliphatic rings. The molecule has 0 spiro atoms. The van der Waals surface area contributed by atoms with Gasteiger partial charge in [0, 0.05) is 31.6 Å². The molecule has 0 bridgehead atoms. The van der Waals surface area contributed by atoms with Crippen LogP contribution < -0.4 is 0 Å². The van der Waals surface area contributed by atoms with Crippen molar-refractivity contribution in [3.8, 4) is 0 Å². The lowest BCUT2D eigenvalue weighted by atomic mass is 10.00. The summed E-state index contributed by atoms with van der Waals surface area (Å²) in [7, 11) is 0. The van der Waals surface area contributed by atoms with E-state index in [1.54, 1.807) is 0 Å². The van der Waals surface area contributed by atoms with Crippen LogP contribution in [-0.4, -0.2) is 42.2 Å². The summed E-state index contributed by atoms with van der Waals surface area (Å²) < 4.78 is 5.46. The normalized spacial score (nSPS) is 31.0. The van der Waals surface area contributed by atoms with Gasteiger partial charge >= 0.3 is 0 Å². The second-order valence-corrected chi connectivity index (χ2v) is 4.78. The van der Waals surface area contributed by atoms with Gasteiger partial charge in [0.05, 0.1) is 6.61 Å². The fourth-order valence-electron chi connectivity index (χ4n) is 2.84. The lowest BCUT2D eigenvalue weighted by Gasteiger charge is -2.22. The van der Waals surface area contributed by atoms with Gasteiger partial charge < -0.3 is 4.74 Å². The van der Waals surface area contributed by atoms with Crippen LogP contribution in [0.3, 0.4) is 0 Å². The maximum atomic E-state index is 5.46. The average Bonchev–Trinajstić information content (AvgIpc) is 3.01. The van der Waals surface area contributed by atoms with Gasteiger partial charge in [0.1, 0.15) is 0 Å². The molecule has 0 saturated carbocycles. The molecule has 86 valence electrons. The van der Waals surface area contributed by atoms with E-state index in [0.29, 0.717) is 12.0 Å². The molecule has 3 rings (SSSR count). The van der Waals surface area contributed by atoms with Crippen LogP contribution in [0.4, 0.5) is 0 Å². The number of hydrogen-bond acceptors (Lipinski definition) is 3. The monoisotopic (exact) mass is 218 g/mol. The number of ether oxygens (including phenoxy) is 1. The summed E-state index contributed by atoms with van der Waals surface area (Å²) in [6, 6.07) is 4.98. The van der Waals surface area contributed by atoms with Gasteiger partial charge in [-0.2, -0.15) is 0 Å². The van der Waals surface area contributed by atoms with Crippen molar-refractivity contribution in [3.05, 3.63) is 30.1 Å². The summed E-state index contributed by atoms with van der Waals surface area (Å²) in [5.74, 6) is 0.698. The molecule has 1 aromatic heterocycles. The molecule has 0 N–H and O–H groups in total. The summed E-state index contributed by atoms with van der Waals surface area (Å²) in [4.78, 5) is 6.67. The van der Waals surface area contributed by atoms with Crippen molar-refractivity contribution in [3.63, 3.8) is 0 Å². The minimum atomic E-state index is 0.673. The topological polar surface area (TPSA) is 25.4 Å². The van der Waals surface area contributed by atoms with Gasteiger partial charge in [0.2, 0.25) is 0 Å². The molecule has 2 saturated heterocycles. The van der Waals surface area contributed by atoms with Gasteiger partial charge in [-0.15, -0.1) is 0 Å². The maximum absolute atomic E-state index is 5.46. The molecule has 1 aromatic rings. The van der Waals surface area contributed by atoms with Crippen molar-refractivity contribution in [1.29, 1.82) is 0 Å². The first kappa shape index (κ1) is 10.2. The number of pyridine rings is 1. The van der Waals surface area contributed by atoms with Crippen LogP contribution in [-0.2, 0) is 4.74 Å². The largest absolute Gasteiger partial charge is 0.380 e. The Kier molecular flexibility index (Phi) is 2.89. The first-order valence-electron chi connectivity index (χ1n) is 6.15. The third-order valence-electron chi connectivity index (χ3n) is 3.82. The van der Waals surface area contributed by atoms with Crippen LogP contribution in [0.15, 0.2) is 24.5 Å². The van der Waals surface area contributed by atoms with E-state index < -0.39 is 0 Å². The van der Waals surface area contributed by atoms with Crippen LogP contribution in [0.2, 0.25) is 0 Å². The first-order valence-corrected chi connectivity index (χ1v) is 6.15. The van der Waals surface area contributed by atoms with Crippen LogP contribution in [0.1, 0.15) is 24.3 Å². The quantitative estimate of drug-likeness (QED) is 0.755. The number of likely N-dealkylation sites (tertiary alicyclic amines) is 1. The second-order valence-electron chi connectivity index (χ2n) is 4.78. The van der Waals surface area contributed by atoms with Crippen LogP contribution in [0, 0.1) is 0 Å². The van der Waals surface area contributed by atoms with Crippen molar-refractivity contribution in [2.24, 2.45) is 0 Å². The Labute approximate surface area is 96.4 Å². The smallest absolute Gasteiger partial charge is 0.0622 e. The van der Waals surface area contributed by atoms with Crippen LogP contribution >= 0.6 is 0 Å². The lowest BCUT2D eigenvalue weighted by molar-refractivity contribution is 0.158. The zero-order valence-electron chi connectivity index (χ0n) is 9.51. The van der Waals surface area contributed by atoms with Gasteiger partial charge in [-0.3, -0.25) is 9.88 Å². The highest BCUT2D eigenvalue weighted by atomic mass is 16.5. The Morgan fingerprint density at radius 2 is 2.12 bits per heavy atom. The zero-order valence-corrected chi connectivity index (χ0v) is 9.51. The van der Waals surface area contributed by atoms with E-state index in [9.17, 15) is 0 Å². The molecule has 2 atom stereocenters. The lowest BCUT2D eigenvalue weighted by Crippen LogP contribution is -2.33. The van der Waals surface area contributed by atoms with Crippen molar-refractivity contribution in [1.82, 2.24) is 9.88 Å². The molecule has 0 amide bonds. The Balaban J connectivity index is 1.64. The Morgan fingerprint density at radius 1 is 1.25 bits per heavy atom. The minimum Gasteiger partial charge on any atom is -0.380 e. The van der Waals surface area contributed by atoms with E-state index in [1.807, 2.05) is 12.4 Å². The van der Waals surface area contributed by atoms with Crippen molar-refractivity contribution in [2.75, 3.05) is 26.3 Å². The number of hydrogen-bond donors (Lipinski definition) is 0. The van der Waals surface area contributed by atoms with Crippen LogP contribution in [0.5, 0.6) is 0 Å². The van der Waals surface area contributed by atoms with E-state index in [4.69, 9.17) is 4.74 Å². The van der Waals surface area contributed by atoms with Crippen molar-refractivity contribution >= 4 is 0 Å². The van der Waals surface area contributed by atoms with Gasteiger partial charge in [-0.1, -0.05) is 0 Å². The highest BCUT2D eigenvalue weighted by Crippen LogP contribution is 2.29. The number of aromatic nitrogens is 1. The molecule has 0 radical (unpaired) electrons. The predicted molar refractivity (Wildman–Crippen MR) is 62.4 cm³/mol. The van der Waals surface area contributed by atoms with Gasteiger partial charge in [0.15, 0.2) is 0 Å². The molecule has 3 heterocycles. The molecule has 16 heavy (non-hydrogen) atoms. The highest BCUT2D eigenvalue weighted by molar-refractivity contribution is 5.17. The molecule has 0 unspecified atom stereocenters. The molecule has 0 aliphatic carbocycles. The molecular formula is C13H18N2O. The Hall–Kier alpha value is -0.930. The molecule has 3 nitrogen and oxygen atoms in total. The summed E-state index contributed by atoms with van der Waals surface area (Å²) in [5.41, 5.74) is 1.44. The summed E-state index contributed by atoms with van der Waals surface area (Å²) >= 11 is 0. The SMILES string of the molecule is c1cc([C@H]2CCN([C@@H]3CCOC3)C2)ccn1. The van der Waals surface area contributed by atoms with E-state index in [0.717, 1.165) is 13.2 Å². The van der Waals surface area contributed by atoms with E-state index in [2.05, 4.69) is 22.0 Å². The predicted octanol–water partition coefficient (Wildman–Crippen LogP) is 1.66. The Bertz CT molecular complexity index is 335. The average molecular weight is 218 g/mol. The molecular weight excluding hydrogens is 200 g/mol. The van der Waals surface area contributed by atoms with Gasteiger partial charge in [-0.05, 0) is 43.0 Å². The molecule has 2 fully saturated rings. The summed E-state index contributed by atoms with van der Waals surface area (Å²) in [6.45, 7) is 4.29. The maximum Gasteiger partial charge on any atom is 0.0622 e. The van der Waals surface area contributed by atoms with Gasteiger partial charge in [0.25, 0.3) is 0 Å². The fourth-order valence-corrected chi connectivity index (χ4v) is 2.84. The minimum absolute atomic E-state index is 0.673. The zero-order chi connectivity index (χ0) is 10.8. The van der Waals surface area contributed by atoms with E-state index in [1.165, 1.54) is 31.5 Å². The molecule has 2 aliphatic heterocycles. The molecule has 0 aromatic carbocycles. The number of nitrogens with zero attached hydrogens (tertiary/aromatic N) is 2. The van der Waals surface area contributed by atoms with Crippen molar-refractivity contribution < 1.29 is 4.74 Å². The van der Waals surface area contributed by atoms with Crippen molar-refractivity contribution in [2.45, 2.75) is 24.8 Å². The first-order chi connectivity index (χ1) is 7.93. The van der Waals surface area contributed by atoms with Gasteiger partial charge in [-0.25, -0.2) is 0 Å². The fraction of sp³-hybridized carbons (Fsp3) is 0.615.